The molecular weight excluding hydrogens is 743 g/mol. The Morgan fingerprint density at radius 2 is 0.852 bits per heavy atom. The summed E-state index contributed by atoms with van der Waals surface area (Å²) in [6, 6.07) is 74.6. The van der Waals surface area contributed by atoms with Crippen LogP contribution in [0, 0.1) is 0 Å². The van der Waals surface area contributed by atoms with Gasteiger partial charge in [0, 0.05) is 54.9 Å². The topological polar surface area (TPSA) is 56.5 Å². The van der Waals surface area contributed by atoms with Crippen molar-refractivity contribution in [3.8, 4) is 62.2 Å². The third-order valence-electron chi connectivity index (χ3n) is 11.8. The average molecular weight is 778 g/mol. The molecule has 0 aliphatic rings. The van der Waals surface area contributed by atoms with Crippen molar-refractivity contribution in [2.45, 2.75) is 0 Å². The first-order valence-electron chi connectivity index (χ1n) is 20.6. The van der Waals surface area contributed by atoms with Gasteiger partial charge in [-0.3, -0.25) is 0 Å². The summed E-state index contributed by atoms with van der Waals surface area (Å²) in [5.41, 5.74) is 11.5. The first kappa shape index (κ1) is 34.7. The normalized spacial score (nSPS) is 11.6. The molecule has 0 aliphatic heterocycles. The first-order valence-corrected chi connectivity index (χ1v) is 20.6. The Kier molecular flexibility index (Phi) is 8.10. The van der Waals surface area contributed by atoms with Gasteiger partial charge in [-0.15, -0.1) is 0 Å². The van der Waals surface area contributed by atoms with Gasteiger partial charge in [0.25, 0.3) is 0 Å². The highest BCUT2D eigenvalue weighted by molar-refractivity contribution is 6.30. The molecule has 5 nitrogen and oxygen atoms in total. The van der Waals surface area contributed by atoms with Gasteiger partial charge in [0.1, 0.15) is 0 Å². The Hall–Kier alpha value is -8.28. The molecule has 0 N–H and O–H groups in total. The van der Waals surface area contributed by atoms with Gasteiger partial charge in [-0.05, 0) is 52.2 Å². The third kappa shape index (κ3) is 5.86. The van der Waals surface area contributed by atoms with Crippen molar-refractivity contribution in [1.29, 1.82) is 0 Å². The Labute approximate surface area is 351 Å². The molecule has 0 aliphatic carbocycles. The van der Waals surface area contributed by atoms with E-state index in [0.29, 0.717) is 17.5 Å². The molecule has 0 saturated carbocycles. The largest absolute Gasteiger partial charge is 0.309 e. The summed E-state index contributed by atoms with van der Waals surface area (Å²) in [5.74, 6) is 1.91. The number of hydrogen-bond acceptors (Lipinski definition) is 4. The molecule has 12 aromatic rings. The number of nitrogens with zero attached hydrogens (tertiary/aromatic N) is 5. The lowest BCUT2D eigenvalue weighted by Gasteiger charge is -2.15. The number of benzene rings is 9. The maximum absolute atomic E-state index is 5.57. The summed E-state index contributed by atoms with van der Waals surface area (Å²) in [4.78, 5) is 20.4. The molecule has 0 bridgehead atoms. The van der Waals surface area contributed by atoms with Crippen LogP contribution in [-0.4, -0.2) is 24.5 Å². The smallest absolute Gasteiger partial charge is 0.164 e. The number of aromatic nitrogens is 5. The summed E-state index contributed by atoms with van der Waals surface area (Å²) in [6.45, 7) is 0. The molecular formula is C56H35N5. The van der Waals surface area contributed by atoms with Crippen LogP contribution in [-0.2, 0) is 0 Å². The lowest BCUT2D eigenvalue weighted by Crippen LogP contribution is -2.00. The number of pyridine rings is 1. The van der Waals surface area contributed by atoms with Gasteiger partial charge in [-0.1, -0.05) is 182 Å². The number of hydrogen-bond donors (Lipinski definition) is 0. The van der Waals surface area contributed by atoms with Gasteiger partial charge >= 0.3 is 0 Å². The molecule has 9 aromatic carbocycles. The highest BCUT2D eigenvalue weighted by Gasteiger charge is 2.21. The van der Waals surface area contributed by atoms with E-state index in [9.17, 15) is 0 Å². The van der Waals surface area contributed by atoms with E-state index in [1.165, 1.54) is 38.0 Å². The van der Waals surface area contributed by atoms with E-state index >= 15 is 0 Å². The molecule has 0 amide bonds. The summed E-state index contributed by atoms with van der Waals surface area (Å²) >= 11 is 0. The summed E-state index contributed by atoms with van der Waals surface area (Å²) in [5, 5.41) is 8.27. The predicted molar refractivity (Wildman–Crippen MR) is 252 cm³/mol. The van der Waals surface area contributed by atoms with Crippen LogP contribution in [0.3, 0.4) is 0 Å². The van der Waals surface area contributed by atoms with Crippen molar-refractivity contribution >= 4 is 54.3 Å². The monoisotopic (exact) mass is 777 g/mol. The molecule has 3 heterocycles. The minimum atomic E-state index is 0.629. The Morgan fingerprint density at radius 1 is 0.311 bits per heavy atom. The van der Waals surface area contributed by atoms with Crippen LogP contribution in [0.15, 0.2) is 212 Å². The molecule has 0 spiro atoms. The second kappa shape index (κ2) is 14.2. The average Bonchev–Trinajstić information content (AvgIpc) is 3.68. The molecule has 0 atom stereocenters. The van der Waals surface area contributed by atoms with Gasteiger partial charge in [0.05, 0.1) is 22.2 Å². The fourth-order valence-corrected chi connectivity index (χ4v) is 8.98. The molecule has 61 heavy (non-hydrogen) atoms. The van der Waals surface area contributed by atoms with E-state index in [2.05, 4.69) is 156 Å². The van der Waals surface area contributed by atoms with Gasteiger partial charge in [0.15, 0.2) is 17.5 Å². The fourth-order valence-electron chi connectivity index (χ4n) is 8.98. The number of fused-ring (bicyclic) bond motifs is 8. The van der Waals surface area contributed by atoms with Crippen molar-refractivity contribution in [3.05, 3.63) is 212 Å². The van der Waals surface area contributed by atoms with E-state index in [1.807, 2.05) is 60.7 Å². The third-order valence-corrected chi connectivity index (χ3v) is 11.8. The van der Waals surface area contributed by atoms with Crippen molar-refractivity contribution in [1.82, 2.24) is 24.5 Å². The SMILES string of the molecule is c1ccc(-c2nc(-c3ccccc3)nc(-c3ccc(-c4ccc5c(c4)nc(-c4cccc6ccccc46)c4ccc6c(c7ccccc7n6-c6ccccc6)c45)cc3)n2)cc1. The van der Waals surface area contributed by atoms with Gasteiger partial charge in [-0.25, -0.2) is 19.9 Å². The zero-order valence-electron chi connectivity index (χ0n) is 32.9. The summed E-state index contributed by atoms with van der Waals surface area (Å²) < 4.78 is 2.39. The molecule has 284 valence electrons. The van der Waals surface area contributed by atoms with Crippen molar-refractivity contribution in [2.75, 3.05) is 0 Å². The van der Waals surface area contributed by atoms with Crippen molar-refractivity contribution in [3.63, 3.8) is 0 Å². The zero-order valence-corrected chi connectivity index (χ0v) is 32.9. The minimum Gasteiger partial charge on any atom is -0.309 e. The van der Waals surface area contributed by atoms with E-state index in [4.69, 9.17) is 19.9 Å². The van der Waals surface area contributed by atoms with Gasteiger partial charge in [-0.2, -0.15) is 0 Å². The van der Waals surface area contributed by atoms with Crippen LogP contribution in [0.4, 0.5) is 0 Å². The molecule has 0 unspecified atom stereocenters. The van der Waals surface area contributed by atoms with Crippen LogP contribution < -0.4 is 0 Å². The van der Waals surface area contributed by atoms with E-state index in [1.54, 1.807) is 0 Å². The summed E-state index contributed by atoms with van der Waals surface area (Å²) in [7, 11) is 0. The second-order valence-corrected chi connectivity index (χ2v) is 15.4. The van der Waals surface area contributed by atoms with Crippen LogP contribution in [0.25, 0.3) is 116 Å². The highest BCUT2D eigenvalue weighted by Crippen LogP contribution is 2.44. The van der Waals surface area contributed by atoms with Crippen LogP contribution in [0.5, 0.6) is 0 Å². The van der Waals surface area contributed by atoms with Crippen molar-refractivity contribution < 1.29 is 0 Å². The minimum absolute atomic E-state index is 0.629. The van der Waals surface area contributed by atoms with Gasteiger partial charge in [0.2, 0.25) is 0 Å². The van der Waals surface area contributed by atoms with E-state index in [0.717, 1.165) is 61.1 Å². The Balaban J connectivity index is 1.06. The number of para-hydroxylation sites is 2. The Morgan fingerprint density at radius 3 is 1.56 bits per heavy atom. The van der Waals surface area contributed by atoms with E-state index in [-0.39, 0.29) is 0 Å². The molecule has 0 fully saturated rings. The summed E-state index contributed by atoms with van der Waals surface area (Å²) in [6.07, 6.45) is 0. The maximum atomic E-state index is 5.57. The highest BCUT2D eigenvalue weighted by atomic mass is 15.0. The maximum Gasteiger partial charge on any atom is 0.164 e. The Bertz CT molecular complexity index is 3550. The van der Waals surface area contributed by atoms with Gasteiger partial charge < -0.3 is 4.57 Å². The van der Waals surface area contributed by atoms with Crippen LogP contribution in [0.1, 0.15) is 0 Å². The molecule has 5 heteroatoms. The molecule has 3 aromatic heterocycles. The fraction of sp³-hybridized carbons (Fsp3) is 0. The van der Waals surface area contributed by atoms with Crippen LogP contribution >= 0.6 is 0 Å². The molecule has 0 radical (unpaired) electrons. The second-order valence-electron chi connectivity index (χ2n) is 15.4. The van der Waals surface area contributed by atoms with Crippen LogP contribution in [0.2, 0.25) is 0 Å². The first-order chi connectivity index (χ1) is 30.2. The lowest BCUT2D eigenvalue weighted by molar-refractivity contribution is 1.07. The zero-order chi connectivity index (χ0) is 40.3. The predicted octanol–water partition coefficient (Wildman–Crippen LogP) is 14.2. The quantitative estimate of drug-likeness (QED) is 0.158. The lowest BCUT2D eigenvalue weighted by atomic mass is 9.93. The molecule has 12 rings (SSSR count). The number of rotatable bonds is 6. The van der Waals surface area contributed by atoms with E-state index < -0.39 is 0 Å². The standard InChI is InChI=1S/C56H35N5/c1-4-16-38(17-5-1)54-58-55(39-18-6-2-7-19-39)60-56(59-54)40-29-27-36(28-30-40)41-31-32-45-48(35-41)57-53(44-25-14-20-37-15-10-11-23-43(37)44)47-33-34-50-52(51(45)47)46-24-12-13-26-49(46)61(50)42-21-8-3-9-22-42/h1-35H. The molecule has 0 saturated heterocycles. The van der Waals surface area contributed by atoms with Crippen molar-refractivity contribution in [2.24, 2.45) is 0 Å².